The normalized spacial score (nSPS) is 13.3. The van der Waals surface area contributed by atoms with Gasteiger partial charge in [-0.2, -0.15) is 0 Å². The van der Waals surface area contributed by atoms with Gasteiger partial charge in [0.15, 0.2) is 5.76 Å². The lowest BCUT2D eigenvalue weighted by Crippen LogP contribution is -2.50. The average molecular weight is 344 g/mol. The number of aliphatic hydroxyl groups excluding tert-OH is 1. The predicted octanol–water partition coefficient (Wildman–Crippen LogP) is 2.19. The molecule has 0 aliphatic carbocycles. The lowest BCUT2D eigenvalue weighted by Gasteiger charge is -2.22. The van der Waals surface area contributed by atoms with Crippen molar-refractivity contribution in [3.63, 3.8) is 0 Å². The second kappa shape index (κ2) is 8.48. The lowest BCUT2D eigenvalue weighted by molar-refractivity contribution is -0.124. The van der Waals surface area contributed by atoms with Gasteiger partial charge in [-0.1, -0.05) is 38.1 Å². The highest BCUT2D eigenvalue weighted by molar-refractivity contribution is 5.95. The summed E-state index contributed by atoms with van der Waals surface area (Å²) in [6, 6.07) is 9.88. The molecule has 0 fully saturated rings. The number of nitrogens with one attached hydrogen (secondary N) is 2. The number of carbonyl (C=O) groups excluding carboxylic acids is 2. The Morgan fingerprint density at radius 3 is 2.48 bits per heavy atom. The first-order valence-corrected chi connectivity index (χ1v) is 8.25. The quantitative estimate of drug-likeness (QED) is 0.718. The molecule has 0 radical (unpaired) electrons. The average Bonchev–Trinajstić information content (AvgIpc) is 3.12. The Bertz CT molecular complexity index is 710. The minimum absolute atomic E-state index is 0.0729. The summed E-state index contributed by atoms with van der Waals surface area (Å²) >= 11 is 0. The summed E-state index contributed by atoms with van der Waals surface area (Å²) < 4.78 is 5.04. The second-order valence-corrected chi connectivity index (χ2v) is 6.29. The van der Waals surface area contributed by atoms with Crippen molar-refractivity contribution in [3.8, 4) is 0 Å². The van der Waals surface area contributed by atoms with Crippen LogP contribution in [0, 0.1) is 12.8 Å². The van der Waals surface area contributed by atoms with Crippen LogP contribution in [0.15, 0.2) is 47.1 Å². The van der Waals surface area contributed by atoms with Crippen LogP contribution < -0.4 is 10.6 Å². The summed E-state index contributed by atoms with van der Waals surface area (Å²) in [4.78, 5) is 24.5. The maximum absolute atomic E-state index is 12.4. The molecule has 25 heavy (non-hydrogen) atoms. The fourth-order valence-electron chi connectivity index (χ4n) is 2.53. The third kappa shape index (κ3) is 4.93. The highest BCUT2D eigenvalue weighted by Gasteiger charge is 2.26. The van der Waals surface area contributed by atoms with Crippen molar-refractivity contribution >= 4 is 11.8 Å². The number of rotatable bonds is 7. The molecular weight excluding hydrogens is 320 g/mol. The van der Waals surface area contributed by atoms with E-state index in [-0.39, 0.29) is 24.1 Å². The summed E-state index contributed by atoms with van der Waals surface area (Å²) in [5, 5.41) is 15.7. The van der Waals surface area contributed by atoms with Gasteiger partial charge in [0.25, 0.3) is 5.91 Å². The number of carbonyl (C=O) groups is 2. The van der Waals surface area contributed by atoms with Gasteiger partial charge < -0.3 is 20.2 Å². The zero-order valence-corrected chi connectivity index (χ0v) is 14.7. The highest BCUT2D eigenvalue weighted by Crippen LogP contribution is 2.16. The molecule has 6 nitrogen and oxygen atoms in total. The number of furan rings is 1. The molecule has 0 saturated carbocycles. The van der Waals surface area contributed by atoms with Gasteiger partial charge in [0.1, 0.15) is 6.04 Å². The van der Waals surface area contributed by atoms with Crippen LogP contribution in [-0.2, 0) is 4.79 Å². The van der Waals surface area contributed by atoms with Crippen LogP contribution in [0.2, 0.25) is 0 Å². The van der Waals surface area contributed by atoms with Crippen LogP contribution >= 0.6 is 0 Å². The van der Waals surface area contributed by atoms with E-state index in [0.717, 1.165) is 11.1 Å². The molecule has 0 aliphatic rings. The minimum atomic E-state index is -0.807. The molecule has 0 bridgehead atoms. The summed E-state index contributed by atoms with van der Waals surface area (Å²) in [6.45, 7) is 5.65. The third-order valence-corrected chi connectivity index (χ3v) is 4.00. The molecule has 3 N–H and O–H groups in total. The predicted molar refractivity (Wildman–Crippen MR) is 93.9 cm³/mol. The van der Waals surface area contributed by atoms with Gasteiger partial charge in [0, 0.05) is 6.54 Å². The summed E-state index contributed by atoms with van der Waals surface area (Å²) in [5.41, 5.74) is 1.72. The van der Waals surface area contributed by atoms with E-state index in [1.807, 2.05) is 45.0 Å². The molecule has 2 unspecified atom stereocenters. The van der Waals surface area contributed by atoms with Crippen LogP contribution in [-0.4, -0.2) is 29.5 Å². The van der Waals surface area contributed by atoms with Gasteiger partial charge in [0.2, 0.25) is 5.91 Å². The van der Waals surface area contributed by atoms with Crippen LogP contribution in [0.4, 0.5) is 0 Å². The molecule has 134 valence electrons. The van der Waals surface area contributed by atoms with E-state index in [2.05, 4.69) is 10.6 Å². The van der Waals surface area contributed by atoms with E-state index in [1.165, 1.54) is 12.3 Å². The Morgan fingerprint density at radius 2 is 1.88 bits per heavy atom. The monoisotopic (exact) mass is 344 g/mol. The highest BCUT2D eigenvalue weighted by atomic mass is 16.3. The Labute approximate surface area is 147 Å². The summed E-state index contributed by atoms with van der Waals surface area (Å²) in [6.07, 6.45) is 0.594. The zero-order valence-electron chi connectivity index (χ0n) is 14.7. The van der Waals surface area contributed by atoms with Crippen molar-refractivity contribution in [2.45, 2.75) is 32.9 Å². The minimum Gasteiger partial charge on any atom is -0.459 e. The molecule has 0 aliphatic heterocycles. The number of hydrogen-bond acceptors (Lipinski definition) is 4. The molecule has 1 aromatic carbocycles. The summed E-state index contributed by atoms with van der Waals surface area (Å²) in [7, 11) is 0. The first kappa shape index (κ1) is 18.7. The smallest absolute Gasteiger partial charge is 0.287 e. The Kier molecular flexibility index (Phi) is 6.36. The fraction of sp³-hybridized carbons (Fsp3) is 0.368. The van der Waals surface area contributed by atoms with Gasteiger partial charge in [-0.25, -0.2) is 0 Å². The van der Waals surface area contributed by atoms with Gasteiger partial charge in [-0.05, 0) is 36.1 Å². The number of aryl methyl sites for hydroxylation is 1. The Morgan fingerprint density at radius 1 is 1.16 bits per heavy atom. The second-order valence-electron chi connectivity index (χ2n) is 6.29. The topological polar surface area (TPSA) is 91.6 Å². The summed E-state index contributed by atoms with van der Waals surface area (Å²) in [5.74, 6) is -0.756. The molecule has 6 heteroatoms. The van der Waals surface area contributed by atoms with Crippen LogP contribution in [0.25, 0.3) is 0 Å². The molecule has 1 aromatic heterocycles. The third-order valence-electron chi connectivity index (χ3n) is 4.00. The Hall–Kier alpha value is -2.60. The molecule has 2 amide bonds. The maximum Gasteiger partial charge on any atom is 0.287 e. The number of benzene rings is 1. The molecule has 2 aromatic rings. The van der Waals surface area contributed by atoms with E-state index in [9.17, 15) is 14.7 Å². The van der Waals surface area contributed by atoms with E-state index in [1.54, 1.807) is 6.07 Å². The lowest BCUT2D eigenvalue weighted by atomic mass is 10.0. The molecule has 1 heterocycles. The fourth-order valence-corrected chi connectivity index (χ4v) is 2.53. The van der Waals surface area contributed by atoms with Crippen molar-refractivity contribution in [2.24, 2.45) is 5.92 Å². The first-order valence-electron chi connectivity index (χ1n) is 8.25. The van der Waals surface area contributed by atoms with Crippen molar-refractivity contribution in [2.75, 3.05) is 6.54 Å². The van der Waals surface area contributed by atoms with E-state index in [4.69, 9.17) is 4.42 Å². The van der Waals surface area contributed by atoms with Crippen molar-refractivity contribution < 1.29 is 19.1 Å². The van der Waals surface area contributed by atoms with Gasteiger partial charge in [0.05, 0.1) is 12.4 Å². The molecule has 2 atom stereocenters. The number of amides is 2. The SMILES string of the molecule is Cc1ccccc1C(O)CNC(=O)C(NC(=O)c1ccco1)C(C)C. The zero-order chi connectivity index (χ0) is 18.4. The Balaban J connectivity index is 1.96. The number of hydrogen-bond donors (Lipinski definition) is 3. The van der Waals surface area contributed by atoms with Gasteiger partial charge >= 0.3 is 0 Å². The van der Waals surface area contributed by atoms with Gasteiger partial charge in [-0.3, -0.25) is 9.59 Å². The van der Waals surface area contributed by atoms with Crippen LogP contribution in [0.3, 0.4) is 0 Å². The van der Waals surface area contributed by atoms with Crippen molar-refractivity contribution in [3.05, 3.63) is 59.5 Å². The first-order chi connectivity index (χ1) is 11.9. The largest absolute Gasteiger partial charge is 0.459 e. The molecule has 2 rings (SSSR count). The van der Waals surface area contributed by atoms with Crippen LogP contribution in [0.5, 0.6) is 0 Å². The molecule has 0 spiro atoms. The maximum atomic E-state index is 12.4. The van der Waals surface area contributed by atoms with Crippen molar-refractivity contribution in [1.82, 2.24) is 10.6 Å². The van der Waals surface area contributed by atoms with Crippen molar-refractivity contribution in [1.29, 1.82) is 0 Å². The van der Waals surface area contributed by atoms with Gasteiger partial charge in [-0.15, -0.1) is 0 Å². The van der Waals surface area contributed by atoms with E-state index >= 15 is 0 Å². The van der Waals surface area contributed by atoms with E-state index < -0.39 is 18.1 Å². The molecular formula is C19H24N2O4. The van der Waals surface area contributed by atoms with E-state index in [0.29, 0.717) is 0 Å². The number of aliphatic hydroxyl groups is 1. The standard InChI is InChI=1S/C19H24N2O4/c1-12(2)17(21-18(23)16-9-6-10-25-16)19(24)20-11-15(22)14-8-5-4-7-13(14)3/h4-10,12,15,17,22H,11H2,1-3H3,(H,20,24)(H,21,23). The molecule has 0 saturated heterocycles. The van der Waals surface area contributed by atoms with Crippen LogP contribution in [0.1, 0.15) is 41.6 Å².